The Morgan fingerprint density at radius 3 is 2.59 bits per heavy atom. The monoisotopic (exact) mass is 481 g/mol. The molecule has 3 aromatic rings. The van der Waals surface area contributed by atoms with Crippen LogP contribution in [0.2, 0.25) is 0 Å². The number of rotatable bonds is 7. The maximum absolute atomic E-state index is 13.0. The molecule has 0 aliphatic carbocycles. The molecule has 2 aromatic carbocycles. The first-order chi connectivity index (χ1) is 16.3. The lowest BCUT2D eigenvalue weighted by Gasteiger charge is -2.23. The summed E-state index contributed by atoms with van der Waals surface area (Å²) in [6.07, 6.45) is 0.709. The molecule has 9 nitrogen and oxygen atoms in total. The average molecular weight is 482 g/mol. The van der Waals surface area contributed by atoms with Crippen molar-refractivity contribution >= 4 is 34.1 Å². The fourth-order valence-electron chi connectivity index (χ4n) is 3.43. The standard InChI is InChI=1S/C24H27N5O4S/c1-5-13(2)20(26-23(31)25-17-8-6-14(3)15(4)10-17)21(30)27-24-29-28-22(34-24)16-7-9-18-19(11-16)33-12-32-18/h6-11,13,20H,5,12H2,1-4H3,(H2,25,26,31)(H,27,29,30). The van der Waals surface area contributed by atoms with Gasteiger partial charge in [-0.3, -0.25) is 10.1 Å². The van der Waals surface area contributed by atoms with Crippen LogP contribution in [0.4, 0.5) is 15.6 Å². The number of nitrogens with one attached hydrogen (secondary N) is 3. The van der Waals surface area contributed by atoms with Crippen molar-refractivity contribution in [1.29, 1.82) is 0 Å². The van der Waals surface area contributed by atoms with E-state index in [1.807, 2.05) is 64.1 Å². The van der Waals surface area contributed by atoms with Gasteiger partial charge in [0, 0.05) is 11.3 Å². The van der Waals surface area contributed by atoms with Gasteiger partial charge in [-0.05, 0) is 61.2 Å². The van der Waals surface area contributed by atoms with Crippen LogP contribution in [0, 0.1) is 19.8 Å². The number of carbonyl (C=O) groups excluding carboxylic acids is 2. The number of urea groups is 1. The number of ether oxygens (including phenoxy) is 2. The molecule has 0 spiro atoms. The first-order valence-corrected chi connectivity index (χ1v) is 11.8. The summed E-state index contributed by atoms with van der Waals surface area (Å²) in [5.74, 6) is 0.891. The Kier molecular flexibility index (Phi) is 6.97. The molecule has 10 heteroatoms. The third-order valence-corrected chi connectivity index (χ3v) is 6.71. The third-order valence-electron chi connectivity index (χ3n) is 5.82. The predicted molar refractivity (Wildman–Crippen MR) is 131 cm³/mol. The van der Waals surface area contributed by atoms with Crippen LogP contribution in [-0.2, 0) is 4.79 Å². The summed E-state index contributed by atoms with van der Waals surface area (Å²) in [7, 11) is 0. The summed E-state index contributed by atoms with van der Waals surface area (Å²) >= 11 is 1.24. The summed E-state index contributed by atoms with van der Waals surface area (Å²) < 4.78 is 10.7. The molecule has 0 saturated heterocycles. The van der Waals surface area contributed by atoms with E-state index in [0.29, 0.717) is 33.7 Å². The van der Waals surface area contributed by atoms with Crippen molar-refractivity contribution in [1.82, 2.24) is 15.5 Å². The fourth-order valence-corrected chi connectivity index (χ4v) is 4.18. The lowest BCUT2D eigenvalue weighted by molar-refractivity contribution is -0.119. The number of aromatic nitrogens is 2. The van der Waals surface area contributed by atoms with Gasteiger partial charge in [0.25, 0.3) is 0 Å². The van der Waals surface area contributed by atoms with E-state index in [0.717, 1.165) is 16.7 Å². The van der Waals surface area contributed by atoms with Crippen LogP contribution in [0.1, 0.15) is 31.4 Å². The molecule has 34 heavy (non-hydrogen) atoms. The number of benzene rings is 2. The zero-order valence-corrected chi connectivity index (χ0v) is 20.3. The van der Waals surface area contributed by atoms with Crippen LogP contribution in [0.5, 0.6) is 11.5 Å². The summed E-state index contributed by atoms with van der Waals surface area (Å²) in [6.45, 7) is 8.06. The molecule has 0 bridgehead atoms. The molecule has 178 valence electrons. The van der Waals surface area contributed by atoms with Gasteiger partial charge in [-0.25, -0.2) is 4.79 Å². The molecule has 1 aliphatic heterocycles. The van der Waals surface area contributed by atoms with E-state index in [1.165, 1.54) is 11.3 Å². The van der Waals surface area contributed by atoms with Gasteiger partial charge in [0.05, 0.1) is 0 Å². The van der Waals surface area contributed by atoms with Crippen molar-refractivity contribution in [2.24, 2.45) is 5.92 Å². The van der Waals surface area contributed by atoms with Crippen molar-refractivity contribution in [3.8, 4) is 22.1 Å². The summed E-state index contributed by atoms with van der Waals surface area (Å²) in [4.78, 5) is 25.7. The number of aryl methyl sites for hydroxylation is 2. The number of hydrogen-bond acceptors (Lipinski definition) is 7. The van der Waals surface area contributed by atoms with Crippen LogP contribution in [0.15, 0.2) is 36.4 Å². The number of hydrogen-bond donors (Lipinski definition) is 3. The zero-order valence-electron chi connectivity index (χ0n) is 19.5. The largest absolute Gasteiger partial charge is 0.454 e. The van der Waals surface area contributed by atoms with Gasteiger partial charge in [0.1, 0.15) is 11.0 Å². The highest BCUT2D eigenvalue weighted by Gasteiger charge is 2.27. The van der Waals surface area contributed by atoms with Gasteiger partial charge >= 0.3 is 6.03 Å². The lowest BCUT2D eigenvalue weighted by Crippen LogP contribution is -2.49. The Morgan fingerprint density at radius 1 is 1.03 bits per heavy atom. The average Bonchev–Trinajstić information content (AvgIpc) is 3.48. The van der Waals surface area contributed by atoms with Gasteiger partial charge in [0.2, 0.25) is 17.8 Å². The van der Waals surface area contributed by atoms with Crippen LogP contribution >= 0.6 is 11.3 Å². The van der Waals surface area contributed by atoms with Crippen molar-refractivity contribution < 1.29 is 19.1 Å². The Morgan fingerprint density at radius 2 is 1.82 bits per heavy atom. The number of fused-ring (bicyclic) bond motifs is 1. The first-order valence-electron chi connectivity index (χ1n) is 11.0. The molecular weight excluding hydrogens is 454 g/mol. The van der Waals surface area contributed by atoms with E-state index in [2.05, 4.69) is 26.1 Å². The summed E-state index contributed by atoms with van der Waals surface area (Å²) in [5, 5.41) is 17.7. The third kappa shape index (κ3) is 5.28. The number of nitrogens with zero attached hydrogens (tertiary/aromatic N) is 2. The maximum Gasteiger partial charge on any atom is 0.319 e. The molecule has 2 heterocycles. The van der Waals surface area contributed by atoms with Crippen molar-refractivity contribution in [2.45, 2.75) is 40.2 Å². The van der Waals surface area contributed by atoms with Crippen molar-refractivity contribution in [2.75, 3.05) is 17.4 Å². The minimum atomic E-state index is -0.741. The van der Waals surface area contributed by atoms with Crippen LogP contribution in [0.25, 0.3) is 10.6 Å². The Labute approximate surface area is 201 Å². The van der Waals surface area contributed by atoms with E-state index in [1.54, 1.807) is 0 Å². The highest BCUT2D eigenvalue weighted by Crippen LogP contribution is 2.37. The SMILES string of the molecule is CCC(C)C(NC(=O)Nc1ccc(C)c(C)c1)C(=O)Nc1nnc(-c2ccc3c(c2)OCO3)s1. The molecule has 2 atom stereocenters. The second-order valence-corrected chi connectivity index (χ2v) is 9.21. The second-order valence-electron chi connectivity index (χ2n) is 8.23. The maximum atomic E-state index is 13.0. The van der Waals surface area contributed by atoms with Gasteiger partial charge < -0.3 is 20.1 Å². The lowest BCUT2D eigenvalue weighted by atomic mass is 9.98. The Hall–Kier alpha value is -3.66. The first kappa shape index (κ1) is 23.5. The Balaban J connectivity index is 1.42. The smallest absolute Gasteiger partial charge is 0.319 e. The highest BCUT2D eigenvalue weighted by atomic mass is 32.1. The van der Waals surface area contributed by atoms with Crippen LogP contribution in [0.3, 0.4) is 0 Å². The molecule has 1 aromatic heterocycles. The fraction of sp³-hybridized carbons (Fsp3) is 0.333. The highest BCUT2D eigenvalue weighted by molar-refractivity contribution is 7.18. The molecule has 0 fully saturated rings. The zero-order chi connectivity index (χ0) is 24.2. The summed E-state index contributed by atoms with van der Waals surface area (Å²) in [6, 6.07) is 9.99. The molecule has 2 unspecified atom stereocenters. The normalized spacial score (nSPS) is 13.8. The molecule has 0 saturated carbocycles. The molecule has 1 aliphatic rings. The number of anilines is 2. The van der Waals surface area contributed by atoms with Gasteiger partial charge in [0.15, 0.2) is 11.5 Å². The van der Waals surface area contributed by atoms with Gasteiger partial charge in [-0.1, -0.05) is 37.7 Å². The number of amides is 3. The molecule has 4 rings (SSSR count). The van der Waals surface area contributed by atoms with E-state index in [-0.39, 0.29) is 18.6 Å². The van der Waals surface area contributed by atoms with E-state index in [9.17, 15) is 9.59 Å². The molecule has 3 amide bonds. The van der Waals surface area contributed by atoms with E-state index in [4.69, 9.17) is 9.47 Å². The van der Waals surface area contributed by atoms with Gasteiger partial charge in [-0.15, -0.1) is 10.2 Å². The van der Waals surface area contributed by atoms with E-state index >= 15 is 0 Å². The number of carbonyl (C=O) groups is 2. The predicted octanol–water partition coefficient (Wildman–Crippen LogP) is 4.73. The van der Waals surface area contributed by atoms with Crippen molar-refractivity contribution in [3.63, 3.8) is 0 Å². The minimum Gasteiger partial charge on any atom is -0.454 e. The van der Waals surface area contributed by atoms with Crippen molar-refractivity contribution in [3.05, 3.63) is 47.5 Å². The molecule has 0 radical (unpaired) electrons. The van der Waals surface area contributed by atoms with Crippen LogP contribution < -0.4 is 25.4 Å². The molecular formula is C24H27N5O4S. The second kappa shape index (κ2) is 10.1. The topological polar surface area (TPSA) is 114 Å². The van der Waals surface area contributed by atoms with E-state index < -0.39 is 12.1 Å². The molecule has 3 N–H and O–H groups in total. The summed E-state index contributed by atoms with van der Waals surface area (Å²) in [5.41, 5.74) is 3.69. The Bertz CT molecular complexity index is 1210. The minimum absolute atomic E-state index is 0.0910. The van der Waals surface area contributed by atoms with Crippen LogP contribution in [-0.4, -0.2) is 35.0 Å². The van der Waals surface area contributed by atoms with Gasteiger partial charge in [-0.2, -0.15) is 0 Å². The quantitative estimate of drug-likeness (QED) is 0.450.